The molecule has 0 aromatic heterocycles. The maximum atomic E-state index is 11.9. The maximum Gasteiger partial charge on any atom is 0.308 e. The molecule has 29 heavy (non-hydrogen) atoms. The molecule has 0 saturated carbocycles. The maximum absolute atomic E-state index is 11.9. The molecule has 0 aromatic carbocycles. The monoisotopic (exact) mass is 410 g/mol. The number of unbranched alkanes of at least 4 members (excludes halogenated alkanes) is 11. The molecule has 2 unspecified atom stereocenters. The predicted octanol–water partition coefficient (Wildman–Crippen LogP) is 5.89. The number of carbonyl (C=O) groups is 1. The van der Waals surface area contributed by atoms with Crippen LogP contribution in [0, 0.1) is 5.92 Å². The molecule has 2 atom stereocenters. The van der Waals surface area contributed by atoms with Crippen molar-refractivity contribution in [3.8, 4) is 0 Å². The van der Waals surface area contributed by atoms with Crippen LogP contribution in [0.5, 0.6) is 0 Å². The molecular weight excluding hydrogens is 360 g/mol. The van der Waals surface area contributed by atoms with Crippen LogP contribution in [0.1, 0.15) is 104 Å². The van der Waals surface area contributed by atoms with Crippen molar-refractivity contribution in [1.82, 2.24) is 9.80 Å². The Labute approximate surface area is 181 Å². The molecule has 1 rings (SSSR count). The summed E-state index contributed by atoms with van der Waals surface area (Å²) in [6.07, 6.45) is 18.9. The van der Waals surface area contributed by atoms with Crippen LogP contribution in [0.25, 0.3) is 0 Å². The third kappa shape index (κ3) is 12.6. The molecule has 4 heteroatoms. The van der Waals surface area contributed by atoms with E-state index in [0.29, 0.717) is 6.04 Å². The van der Waals surface area contributed by atoms with Gasteiger partial charge >= 0.3 is 5.97 Å². The van der Waals surface area contributed by atoms with E-state index >= 15 is 0 Å². The highest BCUT2D eigenvalue weighted by atomic mass is 16.5. The Bertz CT molecular complexity index is 394. The second-order valence-electron chi connectivity index (χ2n) is 9.33. The van der Waals surface area contributed by atoms with Crippen LogP contribution in [0.15, 0.2) is 0 Å². The van der Waals surface area contributed by atoms with E-state index in [0.717, 1.165) is 32.6 Å². The smallest absolute Gasteiger partial charge is 0.308 e. The van der Waals surface area contributed by atoms with Gasteiger partial charge in [-0.25, -0.2) is 0 Å². The zero-order chi connectivity index (χ0) is 21.3. The lowest BCUT2D eigenvalue weighted by atomic mass is 9.95. The van der Waals surface area contributed by atoms with Crippen LogP contribution in [0.2, 0.25) is 0 Å². The number of carbonyl (C=O) groups excluding carboxylic acids is 1. The minimum Gasteiger partial charge on any atom is -0.469 e. The van der Waals surface area contributed by atoms with Crippen LogP contribution in [-0.4, -0.2) is 62.1 Å². The summed E-state index contributed by atoms with van der Waals surface area (Å²) in [6.45, 7) is 8.86. The molecule has 0 spiro atoms. The molecule has 0 amide bonds. The van der Waals surface area contributed by atoms with Crippen LogP contribution >= 0.6 is 0 Å². The third-order valence-corrected chi connectivity index (χ3v) is 6.67. The lowest BCUT2D eigenvalue weighted by Gasteiger charge is -2.39. The van der Waals surface area contributed by atoms with Crippen molar-refractivity contribution in [2.75, 3.05) is 40.3 Å². The highest BCUT2D eigenvalue weighted by Gasteiger charge is 2.26. The highest BCUT2D eigenvalue weighted by Crippen LogP contribution is 2.21. The van der Waals surface area contributed by atoms with Crippen LogP contribution < -0.4 is 0 Å². The summed E-state index contributed by atoms with van der Waals surface area (Å²) in [5, 5.41) is 0. The Hall–Kier alpha value is -0.610. The summed E-state index contributed by atoms with van der Waals surface area (Å²) in [7, 11) is 3.71. The minimum absolute atomic E-state index is 0.00184. The number of methoxy groups -OCH3 is 1. The molecule has 0 aliphatic carbocycles. The van der Waals surface area contributed by atoms with E-state index in [1.807, 2.05) is 6.92 Å². The number of nitrogens with zero attached hydrogens (tertiary/aromatic N) is 2. The fraction of sp³-hybridized carbons (Fsp3) is 0.960. The zero-order valence-corrected chi connectivity index (χ0v) is 20.1. The summed E-state index contributed by atoms with van der Waals surface area (Å²) in [6, 6.07) is 0.529. The van der Waals surface area contributed by atoms with Crippen molar-refractivity contribution in [2.45, 2.75) is 110 Å². The Balaban J connectivity index is 2.17. The molecule has 0 bridgehead atoms. The molecule has 1 aliphatic rings. The van der Waals surface area contributed by atoms with Crippen molar-refractivity contribution in [2.24, 2.45) is 5.92 Å². The van der Waals surface area contributed by atoms with Crippen molar-refractivity contribution in [3.05, 3.63) is 0 Å². The van der Waals surface area contributed by atoms with Gasteiger partial charge in [0, 0.05) is 32.2 Å². The van der Waals surface area contributed by atoms with Crippen molar-refractivity contribution >= 4 is 5.97 Å². The van der Waals surface area contributed by atoms with Gasteiger partial charge < -0.3 is 9.64 Å². The van der Waals surface area contributed by atoms with E-state index in [1.54, 1.807) is 0 Å². The number of likely N-dealkylation sites (N-methyl/N-ethyl adjacent to an activating group) is 1. The first-order chi connectivity index (χ1) is 14.1. The second-order valence-corrected chi connectivity index (χ2v) is 9.33. The van der Waals surface area contributed by atoms with Crippen molar-refractivity contribution in [3.63, 3.8) is 0 Å². The summed E-state index contributed by atoms with van der Waals surface area (Å²) in [5.74, 6) is -0.0548. The molecule has 1 fully saturated rings. The van der Waals surface area contributed by atoms with Crippen LogP contribution in [0.4, 0.5) is 0 Å². The average molecular weight is 411 g/mol. The van der Waals surface area contributed by atoms with Gasteiger partial charge in [-0.15, -0.1) is 0 Å². The van der Waals surface area contributed by atoms with Gasteiger partial charge in [0.25, 0.3) is 0 Å². The minimum atomic E-state index is -0.0566. The van der Waals surface area contributed by atoms with Gasteiger partial charge in [0.2, 0.25) is 0 Å². The topological polar surface area (TPSA) is 32.8 Å². The SMILES string of the molecule is CCCCCCCCCCCCCCC(CC(C)C(=O)OC)N1CCN(C)CC1. The Morgan fingerprint density at radius 3 is 1.79 bits per heavy atom. The normalized spacial score (nSPS) is 17.9. The standard InChI is InChI=1S/C25H50N2O2/c1-5-6-7-8-9-10-11-12-13-14-15-16-17-24(22-23(2)25(28)29-4)27-20-18-26(3)19-21-27/h23-24H,5-22H2,1-4H3. The molecule has 0 N–H and O–H groups in total. The number of esters is 1. The van der Waals surface area contributed by atoms with Crippen LogP contribution in [-0.2, 0) is 9.53 Å². The third-order valence-electron chi connectivity index (χ3n) is 6.67. The average Bonchev–Trinajstić information content (AvgIpc) is 2.73. The van der Waals surface area contributed by atoms with Gasteiger partial charge in [0.15, 0.2) is 0 Å². The summed E-state index contributed by atoms with van der Waals surface area (Å²) >= 11 is 0. The van der Waals surface area contributed by atoms with Gasteiger partial charge in [-0.05, 0) is 19.9 Å². The summed E-state index contributed by atoms with van der Waals surface area (Å²) < 4.78 is 4.97. The molecule has 1 saturated heterocycles. The molecule has 0 aromatic rings. The van der Waals surface area contributed by atoms with Gasteiger partial charge in [-0.2, -0.15) is 0 Å². The van der Waals surface area contributed by atoms with Crippen molar-refractivity contribution < 1.29 is 9.53 Å². The molecule has 172 valence electrons. The number of hydrogen-bond donors (Lipinski definition) is 0. The number of ether oxygens (including phenoxy) is 1. The highest BCUT2D eigenvalue weighted by molar-refractivity contribution is 5.71. The van der Waals surface area contributed by atoms with Gasteiger partial charge in [0.05, 0.1) is 13.0 Å². The van der Waals surface area contributed by atoms with E-state index in [-0.39, 0.29) is 11.9 Å². The Morgan fingerprint density at radius 2 is 1.31 bits per heavy atom. The number of piperazine rings is 1. The first kappa shape index (κ1) is 26.4. The first-order valence-electron chi connectivity index (χ1n) is 12.6. The van der Waals surface area contributed by atoms with E-state index in [4.69, 9.17) is 4.74 Å². The van der Waals surface area contributed by atoms with Gasteiger partial charge in [0.1, 0.15) is 0 Å². The lowest BCUT2D eigenvalue weighted by molar-refractivity contribution is -0.145. The van der Waals surface area contributed by atoms with Crippen molar-refractivity contribution in [1.29, 1.82) is 0 Å². The predicted molar refractivity (Wildman–Crippen MR) is 124 cm³/mol. The zero-order valence-electron chi connectivity index (χ0n) is 20.1. The first-order valence-corrected chi connectivity index (χ1v) is 12.6. The van der Waals surface area contributed by atoms with Crippen LogP contribution in [0.3, 0.4) is 0 Å². The molecule has 0 radical (unpaired) electrons. The number of hydrogen-bond acceptors (Lipinski definition) is 4. The van der Waals surface area contributed by atoms with E-state index in [2.05, 4.69) is 23.8 Å². The fourth-order valence-corrected chi connectivity index (χ4v) is 4.56. The molecule has 1 heterocycles. The Kier molecular flexibility index (Phi) is 15.6. The fourth-order valence-electron chi connectivity index (χ4n) is 4.56. The largest absolute Gasteiger partial charge is 0.469 e. The quantitative estimate of drug-likeness (QED) is 0.221. The van der Waals surface area contributed by atoms with E-state index < -0.39 is 0 Å². The molecule has 4 nitrogen and oxygen atoms in total. The summed E-state index contributed by atoms with van der Waals surface area (Å²) in [5.41, 5.74) is 0. The Morgan fingerprint density at radius 1 is 0.828 bits per heavy atom. The van der Waals surface area contributed by atoms with E-state index in [9.17, 15) is 4.79 Å². The lowest BCUT2D eigenvalue weighted by Crippen LogP contribution is -2.49. The van der Waals surface area contributed by atoms with E-state index in [1.165, 1.54) is 90.6 Å². The second kappa shape index (κ2) is 17.1. The van der Waals surface area contributed by atoms with Gasteiger partial charge in [-0.3, -0.25) is 9.69 Å². The van der Waals surface area contributed by atoms with Gasteiger partial charge in [-0.1, -0.05) is 90.9 Å². The number of rotatable bonds is 17. The summed E-state index contributed by atoms with van der Waals surface area (Å²) in [4.78, 5) is 16.9. The molecular formula is C25H50N2O2. The molecule has 1 aliphatic heterocycles.